The second-order valence-corrected chi connectivity index (χ2v) is 18.0. The number of aromatic amines is 2. The van der Waals surface area contributed by atoms with E-state index in [0.717, 1.165) is 48.6 Å². The van der Waals surface area contributed by atoms with Crippen LogP contribution in [0.15, 0.2) is 110 Å². The Kier molecular flexibility index (Phi) is 13.4. The van der Waals surface area contributed by atoms with Crippen LogP contribution in [0.2, 0.25) is 0 Å². The summed E-state index contributed by atoms with van der Waals surface area (Å²) >= 11 is 0. The summed E-state index contributed by atoms with van der Waals surface area (Å²) in [5.41, 5.74) is -17.8. The Morgan fingerprint density at radius 1 is 0.405 bits per heavy atom. The zero-order chi connectivity index (χ0) is 60.4. The Labute approximate surface area is 454 Å². The van der Waals surface area contributed by atoms with Crippen LogP contribution in [0.4, 0.5) is 87.8 Å². The Morgan fingerprint density at radius 3 is 1.39 bits per heavy atom. The average molecular weight is 1180 g/mol. The number of fused-ring (bicyclic) bond motifs is 9. The number of benzene rings is 4. The molecule has 5 aliphatic rings. The maximum Gasteiger partial charge on any atom is 0.200 e. The van der Waals surface area contributed by atoms with Gasteiger partial charge >= 0.3 is 0 Å². The fourth-order valence-corrected chi connectivity index (χ4v) is 9.68. The smallest absolute Gasteiger partial charge is 0.200 e. The lowest BCUT2D eigenvalue weighted by atomic mass is 9.91. The number of rotatable bonds is 4. The van der Waals surface area contributed by atoms with Crippen LogP contribution in [-0.2, 0) is 0 Å². The van der Waals surface area contributed by atoms with Crippen molar-refractivity contribution in [1.82, 2.24) is 15.3 Å². The molecule has 0 radical (unpaired) electrons. The molecule has 84 heavy (non-hydrogen) atoms. The summed E-state index contributed by atoms with van der Waals surface area (Å²) in [4.78, 5) is 17.4. The van der Waals surface area contributed by atoms with Gasteiger partial charge in [-0.2, -0.15) is 0 Å². The predicted octanol–water partition coefficient (Wildman–Crippen LogP) is 12.3. The van der Waals surface area contributed by atoms with E-state index in [2.05, 4.69) is 42.1 Å². The van der Waals surface area contributed by atoms with E-state index in [1.807, 2.05) is 0 Å². The fraction of sp³-hybridized carbons (Fsp3) is 0.0172. The minimum Gasteiger partial charge on any atom is -0.374 e. The molecule has 6 aromatic rings. The Bertz CT molecular complexity index is 4590. The minimum atomic E-state index is -2.65. The normalized spacial score (nSPS) is 21.3. The number of terminal acetylenes is 2. The standard InChI is InChI=1S/C58H18F20N6/c1-3-19-21-5-9-25(81-21)31(35-39(59)47(67)55(75)48(68)40(35)60)17-13-30(80-15-17)34(38-45(65)53(73)58(78)54(74)46(38)66)28-12-8-24(84-28)20(4-2)22-6-10-26(82-22)32(36-41(61)49(69)56(76)50(70)42(36)62)18-14-29(79-16-18)33(27-11-7-23(19)83-27)37-43(63)51(71)57(77)52(72)44(37)64/h1-2,5-16,25,81,83-84H/b21-19-,24-20-,31-17+,32-26+,33-29+,34-28+. The average Bonchev–Trinajstić information content (AvgIpc) is 1.79. The SMILES string of the molecule is C#C/C1=C2\C=CC(N2)/C(c2c(F)c(F)c(F)c(F)c2F)=C2\C=NC(=C2)/C(c2c(F)c(F)c(F)c(F)c2F)=c2/cc/c([nH]2)=C(\C#C)C2=N/C(=C(/c3c(F)c(F)c(F)c(F)c3F)C3=C/C(=C(\c4c(F)c(F)c(F)c(F)c4F)c4ccc1[nH]4)N=C3)C=C2. The fourth-order valence-electron chi connectivity index (χ4n) is 9.68. The van der Waals surface area contributed by atoms with Crippen LogP contribution >= 0.6 is 0 Å². The molecule has 1 unspecified atom stereocenters. The summed E-state index contributed by atoms with van der Waals surface area (Å²) in [6, 6.07) is 1.93. The van der Waals surface area contributed by atoms with E-state index in [4.69, 9.17) is 12.8 Å². The molecule has 0 amide bonds. The quantitative estimate of drug-likeness (QED) is 0.0699. The Hall–Kier alpha value is -10.4. The highest BCUT2D eigenvalue weighted by atomic mass is 19.2. The lowest BCUT2D eigenvalue weighted by molar-refractivity contribution is 0.376. The molecule has 4 aromatic carbocycles. The van der Waals surface area contributed by atoms with Gasteiger partial charge in [-0.15, -0.1) is 12.8 Å². The summed E-state index contributed by atoms with van der Waals surface area (Å²) in [6.07, 6.45) is 18.1. The van der Waals surface area contributed by atoms with Crippen molar-refractivity contribution in [2.75, 3.05) is 0 Å². The lowest BCUT2D eigenvalue weighted by Gasteiger charge is -2.20. The molecular weight excluding hydrogens is 1160 g/mol. The van der Waals surface area contributed by atoms with Crippen LogP contribution < -0.4 is 16.0 Å². The van der Waals surface area contributed by atoms with E-state index in [0.29, 0.717) is 24.6 Å². The second kappa shape index (κ2) is 20.3. The van der Waals surface area contributed by atoms with E-state index in [-0.39, 0.29) is 11.4 Å². The number of aliphatic imine (C=N–C) groups is 3. The summed E-state index contributed by atoms with van der Waals surface area (Å²) in [5.74, 6) is -46.4. The first-order chi connectivity index (χ1) is 39.9. The van der Waals surface area contributed by atoms with Crippen LogP contribution in [0.1, 0.15) is 33.6 Å². The number of aromatic nitrogens is 2. The second-order valence-electron chi connectivity index (χ2n) is 18.0. The summed E-state index contributed by atoms with van der Waals surface area (Å²) < 4.78 is 308. The van der Waals surface area contributed by atoms with Crippen molar-refractivity contribution >= 4 is 51.6 Å². The van der Waals surface area contributed by atoms with Gasteiger partial charge in [-0.05, 0) is 54.6 Å². The van der Waals surface area contributed by atoms with Gasteiger partial charge in [0, 0.05) is 56.9 Å². The first-order valence-electron chi connectivity index (χ1n) is 23.3. The molecular formula is C58H18F20N6. The zero-order valence-corrected chi connectivity index (χ0v) is 40.6. The third-order valence-corrected chi connectivity index (χ3v) is 13.5. The van der Waals surface area contributed by atoms with Crippen LogP contribution in [-0.4, -0.2) is 34.2 Å². The molecule has 6 nitrogen and oxygen atoms in total. The van der Waals surface area contributed by atoms with Crippen molar-refractivity contribution in [2.45, 2.75) is 6.04 Å². The van der Waals surface area contributed by atoms with Gasteiger partial charge in [0.2, 0.25) is 23.3 Å². The van der Waals surface area contributed by atoms with E-state index >= 15 is 70.2 Å². The Morgan fingerprint density at radius 2 is 0.869 bits per heavy atom. The highest BCUT2D eigenvalue weighted by Gasteiger charge is 2.38. The maximum absolute atomic E-state index is 16.1. The highest BCUT2D eigenvalue weighted by molar-refractivity contribution is 6.30. The van der Waals surface area contributed by atoms with E-state index in [1.165, 1.54) is 0 Å². The first-order valence-corrected chi connectivity index (χ1v) is 23.3. The maximum atomic E-state index is 16.1. The zero-order valence-electron chi connectivity index (χ0n) is 40.6. The third-order valence-electron chi connectivity index (χ3n) is 13.5. The molecule has 11 rings (SSSR count). The molecule has 26 heteroatoms. The lowest BCUT2D eigenvalue weighted by Crippen LogP contribution is -2.26. The van der Waals surface area contributed by atoms with Crippen LogP contribution in [0.3, 0.4) is 0 Å². The van der Waals surface area contributed by atoms with Crippen LogP contribution in [0.5, 0.6) is 0 Å². The number of nitrogens with zero attached hydrogens (tertiary/aromatic N) is 3. The van der Waals surface area contributed by atoms with Crippen molar-refractivity contribution in [3.05, 3.63) is 255 Å². The first kappa shape index (κ1) is 55.5. The van der Waals surface area contributed by atoms with Crippen molar-refractivity contribution in [3.8, 4) is 24.7 Å². The predicted molar refractivity (Wildman–Crippen MR) is 262 cm³/mol. The molecule has 3 N–H and O–H groups in total. The number of allylic oxidation sites excluding steroid dienone is 10. The van der Waals surface area contributed by atoms with Gasteiger partial charge in [0.1, 0.15) is 0 Å². The van der Waals surface area contributed by atoms with E-state index < -0.39 is 228 Å². The van der Waals surface area contributed by atoms with E-state index in [1.54, 1.807) is 0 Å². The van der Waals surface area contributed by atoms with Gasteiger partial charge in [0.05, 0.1) is 79.0 Å². The number of H-pyrrole nitrogens is 2. The largest absolute Gasteiger partial charge is 0.374 e. The van der Waals surface area contributed by atoms with E-state index in [9.17, 15) is 17.6 Å². The molecule has 5 aliphatic heterocycles. The topological polar surface area (TPSA) is 80.7 Å². The molecule has 0 fully saturated rings. The van der Waals surface area contributed by atoms with Gasteiger partial charge in [-0.25, -0.2) is 92.8 Å². The molecule has 0 spiro atoms. The summed E-state index contributed by atoms with van der Waals surface area (Å²) in [6.45, 7) is 0. The molecule has 0 aliphatic carbocycles. The highest BCUT2D eigenvalue weighted by Crippen LogP contribution is 2.44. The van der Waals surface area contributed by atoms with Crippen LogP contribution in [0.25, 0.3) is 33.4 Å². The summed E-state index contributed by atoms with van der Waals surface area (Å²) in [5, 5.41) is 1.58. The van der Waals surface area contributed by atoms with Crippen molar-refractivity contribution in [1.29, 1.82) is 0 Å². The van der Waals surface area contributed by atoms with Crippen molar-refractivity contribution in [3.63, 3.8) is 0 Å². The number of halogens is 20. The van der Waals surface area contributed by atoms with Gasteiger partial charge in [-0.3, -0.25) is 9.98 Å². The molecule has 2 aromatic heterocycles. The molecule has 12 bridgehead atoms. The number of hydrogen-bond acceptors (Lipinski definition) is 4. The molecule has 1 atom stereocenters. The summed E-state index contributed by atoms with van der Waals surface area (Å²) in [7, 11) is 0. The molecule has 0 saturated carbocycles. The van der Waals surface area contributed by atoms with Gasteiger partial charge in [0.15, 0.2) is 93.1 Å². The number of hydrogen-bond donors (Lipinski definition) is 3. The van der Waals surface area contributed by atoms with Gasteiger partial charge in [0.25, 0.3) is 0 Å². The Balaban J connectivity index is 1.29. The molecule has 420 valence electrons. The molecule has 7 heterocycles. The monoisotopic (exact) mass is 1180 g/mol. The number of nitrogens with one attached hydrogen (secondary N) is 3. The molecule has 0 saturated heterocycles. The van der Waals surface area contributed by atoms with Crippen molar-refractivity contribution in [2.24, 2.45) is 15.0 Å². The van der Waals surface area contributed by atoms with Gasteiger partial charge in [-0.1, -0.05) is 17.9 Å². The van der Waals surface area contributed by atoms with Crippen LogP contribution in [0, 0.1) is 141 Å². The van der Waals surface area contributed by atoms with Gasteiger partial charge < -0.3 is 15.3 Å². The third kappa shape index (κ3) is 8.29. The van der Waals surface area contributed by atoms with Crippen molar-refractivity contribution < 1.29 is 87.8 Å². The minimum absolute atomic E-state index is 0.338.